The summed E-state index contributed by atoms with van der Waals surface area (Å²) in [7, 11) is 0. The Morgan fingerprint density at radius 2 is 1.80 bits per heavy atom. The van der Waals surface area contributed by atoms with Crippen LogP contribution in [0.1, 0.15) is 53.2 Å². The number of fused-ring (bicyclic) bond motifs is 1. The maximum atomic E-state index is 13.5. The van der Waals surface area contributed by atoms with Gasteiger partial charge in [-0.25, -0.2) is 14.8 Å². The molecule has 2 aromatic carbocycles. The van der Waals surface area contributed by atoms with Gasteiger partial charge in [-0.15, -0.1) is 0 Å². The molecule has 8 nitrogen and oxygen atoms in total. The van der Waals surface area contributed by atoms with Crippen molar-refractivity contribution in [1.29, 1.82) is 0 Å². The number of rotatable bonds is 5. The van der Waals surface area contributed by atoms with E-state index >= 15 is 0 Å². The number of para-hydroxylation sites is 1. The van der Waals surface area contributed by atoms with Crippen molar-refractivity contribution >= 4 is 51.6 Å². The largest absolute Gasteiger partial charge is 0.383 e. The van der Waals surface area contributed by atoms with E-state index in [9.17, 15) is 9.59 Å². The number of aromatic nitrogens is 3. The third kappa shape index (κ3) is 4.44. The second kappa shape index (κ2) is 9.38. The fourth-order valence-corrected chi connectivity index (χ4v) is 4.94. The first kappa shape index (κ1) is 22.9. The lowest BCUT2D eigenvalue weighted by Crippen LogP contribution is -2.20. The molecule has 0 radical (unpaired) electrons. The summed E-state index contributed by atoms with van der Waals surface area (Å²) in [4.78, 5) is 34.5. The molecular weight excluding hydrogens is 464 g/mol. The number of nitrogen functional groups attached to an aromatic ring is 1. The van der Waals surface area contributed by atoms with Crippen LogP contribution in [0.2, 0.25) is 5.02 Å². The van der Waals surface area contributed by atoms with E-state index in [1.54, 1.807) is 30.3 Å². The zero-order valence-electron chi connectivity index (χ0n) is 19.2. The molecule has 0 spiro atoms. The number of hydrogen-bond acceptors (Lipinski definition) is 5. The maximum absolute atomic E-state index is 13.5. The van der Waals surface area contributed by atoms with E-state index in [2.05, 4.69) is 25.2 Å². The monoisotopic (exact) mass is 488 g/mol. The Morgan fingerprint density at radius 3 is 2.51 bits per heavy atom. The molecule has 4 N–H and O–H groups in total. The van der Waals surface area contributed by atoms with Gasteiger partial charge in [0.15, 0.2) is 5.78 Å². The average Bonchev–Trinajstić information content (AvgIpc) is 3.50. The van der Waals surface area contributed by atoms with Crippen LogP contribution in [0.5, 0.6) is 0 Å². The van der Waals surface area contributed by atoms with Gasteiger partial charge < -0.3 is 20.9 Å². The second-order valence-electron chi connectivity index (χ2n) is 8.76. The molecule has 4 aromatic rings. The summed E-state index contributed by atoms with van der Waals surface area (Å²) in [5.74, 6) is 0.121. The molecule has 1 aliphatic rings. The fourth-order valence-electron chi connectivity index (χ4n) is 4.67. The highest BCUT2D eigenvalue weighted by Crippen LogP contribution is 2.35. The van der Waals surface area contributed by atoms with Crippen molar-refractivity contribution in [3.8, 4) is 0 Å². The van der Waals surface area contributed by atoms with Crippen LogP contribution in [0.3, 0.4) is 0 Å². The summed E-state index contributed by atoms with van der Waals surface area (Å²) >= 11 is 6.19. The lowest BCUT2D eigenvalue weighted by atomic mass is 10.0. The molecule has 1 aliphatic carbocycles. The number of nitrogens with zero attached hydrogens (tertiary/aromatic N) is 3. The minimum atomic E-state index is -0.426. The summed E-state index contributed by atoms with van der Waals surface area (Å²) in [5, 5.41) is 6.58. The van der Waals surface area contributed by atoms with E-state index in [4.69, 9.17) is 17.3 Å². The predicted octanol–water partition coefficient (Wildman–Crippen LogP) is 5.97. The highest BCUT2D eigenvalue weighted by Gasteiger charge is 2.25. The van der Waals surface area contributed by atoms with Gasteiger partial charge >= 0.3 is 6.03 Å². The van der Waals surface area contributed by atoms with E-state index < -0.39 is 6.03 Å². The van der Waals surface area contributed by atoms with E-state index in [1.165, 1.54) is 6.33 Å². The first-order valence-corrected chi connectivity index (χ1v) is 11.9. The first-order valence-electron chi connectivity index (χ1n) is 11.5. The number of aryl methyl sites for hydroxylation is 1. The third-order valence-electron chi connectivity index (χ3n) is 6.47. The van der Waals surface area contributed by atoms with Crippen molar-refractivity contribution in [2.75, 3.05) is 16.4 Å². The van der Waals surface area contributed by atoms with Crippen LogP contribution in [0.15, 0.2) is 55.0 Å². The number of carbonyl (C=O) groups is 2. The number of ketones is 1. The highest BCUT2D eigenvalue weighted by molar-refractivity contribution is 6.34. The molecule has 35 heavy (non-hydrogen) atoms. The Morgan fingerprint density at radius 1 is 1.06 bits per heavy atom. The topological polar surface area (TPSA) is 115 Å². The number of benzene rings is 2. The Balaban J connectivity index is 1.37. The van der Waals surface area contributed by atoms with Gasteiger partial charge in [-0.2, -0.15) is 0 Å². The molecule has 2 amide bonds. The highest BCUT2D eigenvalue weighted by atomic mass is 35.5. The molecule has 0 atom stereocenters. The van der Waals surface area contributed by atoms with Crippen LogP contribution in [0.4, 0.5) is 22.0 Å². The third-order valence-corrected chi connectivity index (χ3v) is 6.78. The Hall–Kier alpha value is -3.91. The van der Waals surface area contributed by atoms with Crippen molar-refractivity contribution in [3.63, 3.8) is 0 Å². The average molecular weight is 489 g/mol. The molecular formula is C26H25ClN6O2. The van der Waals surface area contributed by atoms with Gasteiger partial charge in [0.1, 0.15) is 17.8 Å². The summed E-state index contributed by atoms with van der Waals surface area (Å²) in [6, 6.07) is 12.0. The van der Waals surface area contributed by atoms with Crippen LogP contribution in [0.25, 0.3) is 11.0 Å². The molecule has 2 heterocycles. The summed E-state index contributed by atoms with van der Waals surface area (Å²) in [5.41, 5.74) is 9.77. The molecule has 0 saturated heterocycles. The van der Waals surface area contributed by atoms with Crippen molar-refractivity contribution in [2.24, 2.45) is 0 Å². The maximum Gasteiger partial charge on any atom is 0.323 e. The van der Waals surface area contributed by atoms with Gasteiger partial charge in [0, 0.05) is 23.5 Å². The van der Waals surface area contributed by atoms with Gasteiger partial charge in [-0.3, -0.25) is 4.79 Å². The number of amides is 2. The number of nitrogens with one attached hydrogen (secondary N) is 2. The molecule has 1 saturated carbocycles. The minimum Gasteiger partial charge on any atom is -0.383 e. The number of carbonyl (C=O) groups excluding carboxylic acids is 2. The van der Waals surface area contributed by atoms with Crippen molar-refractivity contribution in [3.05, 3.63) is 76.7 Å². The van der Waals surface area contributed by atoms with Crippen LogP contribution >= 0.6 is 11.6 Å². The fraction of sp³-hybridized carbons (Fsp3) is 0.231. The van der Waals surface area contributed by atoms with Crippen LogP contribution in [-0.2, 0) is 0 Å². The van der Waals surface area contributed by atoms with E-state index in [1.807, 2.05) is 25.3 Å². The number of nitrogens with two attached hydrogens (primary N) is 1. The quantitative estimate of drug-likeness (QED) is 0.299. The van der Waals surface area contributed by atoms with E-state index in [0.29, 0.717) is 50.4 Å². The Bertz CT molecular complexity index is 1400. The first-order chi connectivity index (χ1) is 16.9. The summed E-state index contributed by atoms with van der Waals surface area (Å²) < 4.78 is 2.07. The number of anilines is 3. The normalized spacial score (nSPS) is 13.8. The van der Waals surface area contributed by atoms with Gasteiger partial charge in [0.05, 0.1) is 21.7 Å². The van der Waals surface area contributed by atoms with Gasteiger partial charge in [-0.05, 0) is 55.7 Å². The molecule has 5 rings (SSSR count). The van der Waals surface area contributed by atoms with Crippen molar-refractivity contribution in [1.82, 2.24) is 14.5 Å². The molecule has 0 aliphatic heterocycles. The molecule has 0 unspecified atom stereocenters. The smallest absolute Gasteiger partial charge is 0.323 e. The van der Waals surface area contributed by atoms with Crippen LogP contribution < -0.4 is 16.4 Å². The second-order valence-corrected chi connectivity index (χ2v) is 9.17. The standard InChI is InChI=1S/C26H25ClN6O2/c1-15-5-4-8-20(27)22(15)32-26(35)31-17-11-9-16(10-12-17)23(34)19-13-33(18-6-2-3-7-18)25-21(19)24(28)29-14-30-25/h4-5,8-14,18H,2-3,6-7H2,1H3,(H2,28,29,30)(H2,31,32,35). The summed E-state index contributed by atoms with van der Waals surface area (Å²) in [6.45, 7) is 1.86. The molecule has 0 bridgehead atoms. The lowest BCUT2D eigenvalue weighted by molar-refractivity contribution is 0.104. The van der Waals surface area contributed by atoms with Gasteiger partial charge in [0.25, 0.3) is 0 Å². The van der Waals surface area contributed by atoms with Crippen molar-refractivity contribution < 1.29 is 9.59 Å². The molecule has 1 fully saturated rings. The predicted molar refractivity (Wildman–Crippen MR) is 138 cm³/mol. The van der Waals surface area contributed by atoms with E-state index in [-0.39, 0.29) is 5.78 Å². The zero-order valence-corrected chi connectivity index (χ0v) is 20.0. The Labute approximate surface area is 207 Å². The molecule has 2 aromatic heterocycles. The zero-order chi connectivity index (χ0) is 24.5. The minimum absolute atomic E-state index is 0.170. The van der Waals surface area contributed by atoms with Crippen molar-refractivity contribution in [2.45, 2.75) is 38.6 Å². The molecule has 178 valence electrons. The Kier molecular flexibility index (Phi) is 6.13. The number of hydrogen-bond donors (Lipinski definition) is 3. The number of halogens is 1. The van der Waals surface area contributed by atoms with Gasteiger partial charge in [-0.1, -0.05) is 36.6 Å². The van der Waals surface area contributed by atoms with E-state index in [0.717, 1.165) is 31.2 Å². The van der Waals surface area contributed by atoms with Crippen LogP contribution in [-0.4, -0.2) is 26.3 Å². The molecule has 9 heteroatoms. The lowest BCUT2D eigenvalue weighted by Gasteiger charge is -2.12. The summed E-state index contributed by atoms with van der Waals surface area (Å²) in [6.07, 6.45) is 7.72. The number of urea groups is 1. The van der Waals surface area contributed by atoms with Crippen LogP contribution in [0, 0.1) is 6.92 Å². The van der Waals surface area contributed by atoms with Gasteiger partial charge in [0.2, 0.25) is 0 Å². The SMILES string of the molecule is Cc1cccc(Cl)c1NC(=O)Nc1ccc(C(=O)c2cn(C3CCCC3)c3ncnc(N)c23)cc1.